The monoisotopic (exact) mass is 370 g/mol. The van der Waals surface area contributed by atoms with E-state index in [1.54, 1.807) is 0 Å². The number of Topliss-reactive ketones (excluding diaryl/α,β-unsaturated/α-hetero) is 2. The molecule has 0 aromatic carbocycles. The molecule has 1 aliphatic heterocycles. The topological polar surface area (TPSA) is 231 Å². The van der Waals surface area contributed by atoms with Crippen LogP contribution in [0.1, 0.15) is 25.7 Å². The molecule has 2 unspecified atom stereocenters. The van der Waals surface area contributed by atoms with Gasteiger partial charge in [0.1, 0.15) is 0 Å². The van der Waals surface area contributed by atoms with Gasteiger partial charge < -0.3 is 33.6 Å². The summed E-state index contributed by atoms with van der Waals surface area (Å²) in [4.78, 5) is 69.9. The summed E-state index contributed by atoms with van der Waals surface area (Å²) in [6.07, 6.45) is -0.502. The lowest BCUT2D eigenvalue weighted by molar-refractivity contribution is -0.145. The zero-order valence-corrected chi connectivity index (χ0v) is 13.9. The molecular weight excluding hydrogens is 348 g/mol. The summed E-state index contributed by atoms with van der Waals surface area (Å²) in [5.74, 6) is -4.82. The number of nitrogens with two attached hydrogens (primary N) is 4. The third kappa shape index (κ3) is 5.60. The van der Waals surface area contributed by atoms with E-state index in [0.717, 1.165) is 0 Å². The van der Waals surface area contributed by atoms with Crippen molar-refractivity contribution in [2.75, 3.05) is 0 Å². The maximum atomic E-state index is 12.1. The van der Waals surface area contributed by atoms with Crippen molar-refractivity contribution in [1.29, 1.82) is 0 Å². The Bertz CT molecular complexity index is 581. The third-order valence-electron chi connectivity index (χ3n) is 3.80. The van der Waals surface area contributed by atoms with Crippen LogP contribution in [0.3, 0.4) is 0 Å². The van der Waals surface area contributed by atoms with Crippen molar-refractivity contribution >= 4 is 35.2 Å². The highest BCUT2D eigenvalue weighted by atomic mass is 16.2. The maximum absolute atomic E-state index is 12.1. The number of amides is 4. The Morgan fingerprint density at radius 1 is 0.769 bits per heavy atom. The number of hydrogen-bond acceptors (Lipinski definition) is 8. The van der Waals surface area contributed by atoms with Gasteiger partial charge in [-0.15, -0.1) is 0 Å². The minimum absolute atomic E-state index is 0.0891. The standard InChI is InChI=1S/C14H22N6O6/c15-5(1-3-7(17)21)11(23)9-13(25)20-10(14(26)19-9)12(24)6(16)2-4-8(18)22/h5-6,9-10H,1-4,15-16H2,(H2,17,21)(H2,18,22)(H,19,26)(H,20,25)/t5-,6-,9?,10?/m0/s1. The molecule has 10 N–H and O–H groups in total. The van der Waals surface area contributed by atoms with Gasteiger partial charge in [0.05, 0.1) is 12.1 Å². The van der Waals surface area contributed by atoms with Gasteiger partial charge in [0, 0.05) is 12.8 Å². The highest BCUT2D eigenvalue weighted by Gasteiger charge is 2.43. The first-order valence-electron chi connectivity index (χ1n) is 7.80. The molecule has 1 rings (SSSR count). The van der Waals surface area contributed by atoms with Crippen LogP contribution < -0.4 is 33.6 Å². The van der Waals surface area contributed by atoms with Gasteiger partial charge in [-0.05, 0) is 12.8 Å². The molecule has 0 saturated carbocycles. The van der Waals surface area contributed by atoms with E-state index in [-0.39, 0.29) is 25.7 Å². The molecule has 4 amide bonds. The first-order chi connectivity index (χ1) is 12.0. The van der Waals surface area contributed by atoms with Gasteiger partial charge >= 0.3 is 0 Å². The number of ketones is 2. The lowest BCUT2D eigenvalue weighted by Crippen LogP contribution is -2.69. The molecule has 1 fully saturated rings. The van der Waals surface area contributed by atoms with Gasteiger partial charge in [0.15, 0.2) is 23.7 Å². The molecule has 0 radical (unpaired) electrons. The predicted molar refractivity (Wildman–Crippen MR) is 86.7 cm³/mol. The summed E-state index contributed by atoms with van der Waals surface area (Å²) < 4.78 is 0. The van der Waals surface area contributed by atoms with Crippen molar-refractivity contribution in [3.8, 4) is 0 Å². The van der Waals surface area contributed by atoms with Crippen molar-refractivity contribution in [3.05, 3.63) is 0 Å². The van der Waals surface area contributed by atoms with Crippen LogP contribution in [-0.4, -0.2) is 59.4 Å². The molecule has 0 bridgehead atoms. The second-order valence-electron chi connectivity index (χ2n) is 5.91. The van der Waals surface area contributed by atoms with Crippen LogP contribution in [0.15, 0.2) is 0 Å². The van der Waals surface area contributed by atoms with E-state index >= 15 is 0 Å². The van der Waals surface area contributed by atoms with Crippen molar-refractivity contribution < 1.29 is 28.8 Å². The third-order valence-corrected chi connectivity index (χ3v) is 3.80. The largest absolute Gasteiger partial charge is 0.370 e. The summed E-state index contributed by atoms with van der Waals surface area (Å²) >= 11 is 0. The lowest BCUT2D eigenvalue weighted by Gasteiger charge is -2.30. The molecule has 0 spiro atoms. The van der Waals surface area contributed by atoms with Crippen molar-refractivity contribution in [2.45, 2.75) is 49.9 Å². The SMILES string of the molecule is NC(=O)CC[C@H](N)C(=O)C1NC(=O)C(C(=O)[C@@H](N)CCC(N)=O)NC1=O. The summed E-state index contributed by atoms with van der Waals surface area (Å²) in [6.45, 7) is 0. The zero-order chi connectivity index (χ0) is 20.0. The van der Waals surface area contributed by atoms with Gasteiger partial charge in [0.2, 0.25) is 11.8 Å². The summed E-state index contributed by atoms with van der Waals surface area (Å²) in [5, 5.41) is 4.24. The Hall–Kier alpha value is -2.86. The summed E-state index contributed by atoms with van der Waals surface area (Å²) in [7, 11) is 0. The molecule has 1 heterocycles. The number of carbonyl (C=O) groups excluding carboxylic acids is 6. The van der Waals surface area contributed by atoms with Crippen molar-refractivity contribution in [1.82, 2.24) is 10.6 Å². The van der Waals surface area contributed by atoms with Gasteiger partial charge in [0.25, 0.3) is 11.8 Å². The van der Waals surface area contributed by atoms with E-state index < -0.39 is 59.4 Å². The fourth-order valence-electron chi connectivity index (χ4n) is 2.29. The molecular formula is C14H22N6O6. The van der Waals surface area contributed by atoms with Crippen LogP contribution in [-0.2, 0) is 28.8 Å². The minimum Gasteiger partial charge on any atom is -0.370 e. The highest BCUT2D eigenvalue weighted by Crippen LogP contribution is 2.07. The normalized spacial score (nSPS) is 21.9. The molecule has 1 saturated heterocycles. The van der Waals surface area contributed by atoms with Crippen LogP contribution in [0.2, 0.25) is 0 Å². The quantitative estimate of drug-likeness (QED) is 0.204. The number of hydrogen-bond donors (Lipinski definition) is 6. The molecule has 0 aromatic heterocycles. The minimum atomic E-state index is -1.59. The predicted octanol–water partition coefficient (Wildman–Crippen LogP) is -4.71. The van der Waals surface area contributed by atoms with E-state index in [9.17, 15) is 28.8 Å². The maximum Gasteiger partial charge on any atom is 0.251 e. The average Bonchev–Trinajstić information content (AvgIpc) is 2.57. The van der Waals surface area contributed by atoms with Crippen LogP contribution in [0.25, 0.3) is 0 Å². The van der Waals surface area contributed by atoms with Gasteiger partial charge in [-0.1, -0.05) is 0 Å². The summed E-state index contributed by atoms with van der Waals surface area (Å²) in [6, 6.07) is -5.56. The lowest BCUT2D eigenvalue weighted by atomic mass is 9.95. The second kappa shape index (κ2) is 9.01. The first-order valence-corrected chi connectivity index (χ1v) is 7.80. The molecule has 12 nitrogen and oxygen atoms in total. The molecule has 0 aromatic rings. The second-order valence-corrected chi connectivity index (χ2v) is 5.91. The zero-order valence-electron chi connectivity index (χ0n) is 13.9. The van der Waals surface area contributed by atoms with Crippen molar-refractivity contribution in [2.24, 2.45) is 22.9 Å². The van der Waals surface area contributed by atoms with Crippen LogP contribution in [0.5, 0.6) is 0 Å². The van der Waals surface area contributed by atoms with Crippen LogP contribution in [0, 0.1) is 0 Å². The average molecular weight is 370 g/mol. The Labute approximate surface area is 148 Å². The van der Waals surface area contributed by atoms with E-state index in [4.69, 9.17) is 22.9 Å². The van der Waals surface area contributed by atoms with Gasteiger partial charge in [-0.2, -0.15) is 0 Å². The molecule has 1 aliphatic rings. The van der Waals surface area contributed by atoms with E-state index in [1.807, 2.05) is 0 Å². The van der Waals surface area contributed by atoms with Gasteiger partial charge in [-0.3, -0.25) is 28.8 Å². The highest BCUT2D eigenvalue weighted by molar-refractivity contribution is 6.19. The van der Waals surface area contributed by atoms with E-state index in [2.05, 4.69) is 10.6 Å². The fourth-order valence-corrected chi connectivity index (χ4v) is 2.29. The Balaban J connectivity index is 2.71. The first kappa shape index (κ1) is 21.2. The number of carbonyl (C=O) groups is 6. The Morgan fingerprint density at radius 2 is 1.08 bits per heavy atom. The smallest absolute Gasteiger partial charge is 0.251 e. The number of primary amides is 2. The molecule has 144 valence electrons. The van der Waals surface area contributed by atoms with Crippen LogP contribution in [0.4, 0.5) is 0 Å². The van der Waals surface area contributed by atoms with Crippen molar-refractivity contribution in [3.63, 3.8) is 0 Å². The molecule has 0 aliphatic carbocycles. The van der Waals surface area contributed by atoms with Crippen LogP contribution >= 0.6 is 0 Å². The van der Waals surface area contributed by atoms with Gasteiger partial charge in [-0.25, -0.2) is 0 Å². The number of nitrogens with one attached hydrogen (secondary N) is 2. The molecule has 4 atom stereocenters. The number of piperazine rings is 1. The summed E-state index contributed by atoms with van der Waals surface area (Å²) in [5.41, 5.74) is 21.1. The fraction of sp³-hybridized carbons (Fsp3) is 0.571. The number of rotatable bonds is 10. The Kier molecular flexibility index (Phi) is 7.34. The molecule has 26 heavy (non-hydrogen) atoms. The van der Waals surface area contributed by atoms with E-state index in [1.165, 1.54) is 0 Å². The Morgan fingerprint density at radius 3 is 1.35 bits per heavy atom. The molecule has 12 heteroatoms. The van der Waals surface area contributed by atoms with E-state index in [0.29, 0.717) is 0 Å².